The summed E-state index contributed by atoms with van der Waals surface area (Å²) in [6.45, 7) is 0. The van der Waals surface area contributed by atoms with E-state index in [1.165, 1.54) is 12.1 Å². The fraction of sp³-hybridized carbons (Fsp3) is 0.375. The van der Waals surface area contributed by atoms with Gasteiger partial charge in [0.15, 0.2) is 0 Å². The summed E-state index contributed by atoms with van der Waals surface area (Å²) in [7, 11) is -1.29. The molecule has 1 aliphatic heterocycles. The van der Waals surface area contributed by atoms with E-state index in [-0.39, 0.29) is 29.3 Å². The number of hydrogen-bond acceptors (Lipinski definition) is 4. The first-order chi connectivity index (χ1) is 11.4. The number of benzene rings is 1. The van der Waals surface area contributed by atoms with Gasteiger partial charge in [0.25, 0.3) is 5.91 Å². The van der Waals surface area contributed by atoms with Gasteiger partial charge in [0.05, 0.1) is 17.2 Å². The van der Waals surface area contributed by atoms with Crippen LogP contribution in [0.25, 0.3) is 11.3 Å². The number of aromatic amines is 1. The van der Waals surface area contributed by atoms with Gasteiger partial charge in [-0.1, -0.05) is 0 Å². The zero-order valence-corrected chi connectivity index (χ0v) is 14.0. The van der Waals surface area contributed by atoms with Crippen molar-refractivity contribution in [1.29, 1.82) is 0 Å². The predicted octanol–water partition coefficient (Wildman–Crippen LogP) is 1.86. The Labute approximate surface area is 139 Å². The van der Waals surface area contributed by atoms with Crippen molar-refractivity contribution >= 4 is 15.7 Å². The highest BCUT2D eigenvalue weighted by atomic mass is 32.2. The molecule has 128 valence electrons. The number of nitrogens with zero attached hydrogens (tertiary/aromatic N) is 2. The van der Waals surface area contributed by atoms with Crippen molar-refractivity contribution in [3.8, 4) is 11.3 Å². The summed E-state index contributed by atoms with van der Waals surface area (Å²) in [4.78, 5) is 14.1. The molecule has 1 aromatic heterocycles. The molecule has 6 nitrogen and oxygen atoms in total. The van der Waals surface area contributed by atoms with E-state index in [4.69, 9.17) is 0 Å². The van der Waals surface area contributed by atoms with E-state index < -0.39 is 9.84 Å². The molecule has 1 aromatic carbocycles. The minimum absolute atomic E-state index is 0.0985. The number of aromatic nitrogens is 2. The number of H-pyrrole nitrogens is 1. The smallest absolute Gasteiger partial charge is 0.271 e. The van der Waals surface area contributed by atoms with Gasteiger partial charge < -0.3 is 4.90 Å². The Kier molecular flexibility index (Phi) is 4.40. The van der Waals surface area contributed by atoms with Gasteiger partial charge in [0.2, 0.25) is 0 Å². The van der Waals surface area contributed by atoms with Crippen LogP contribution in [-0.2, 0) is 9.84 Å². The van der Waals surface area contributed by atoms with Crippen molar-refractivity contribution in [3.05, 3.63) is 41.8 Å². The van der Waals surface area contributed by atoms with Crippen molar-refractivity contribution in [3.63, 3.8) is 0 Å². The molecule has 0 radical (unpaired) electrons. The first-order valence-corrected chi connectivity index (χ1v) is 9.47. The third kappa shape index (κ3) is 3.48. The Balaban J connectivity index is 1.72. The van der Waals surface area contributed by atoms with Gasteiger partial charge in [-0.15, -0.1) is 0 Å². The van der Waals surface area contributed by atoms with Crippen molar-refractivity contribution in [2.75, 3.05) is 18.6 Å². The van der Waals surface area contributed by atoms with Gasteiger partial charge in [-0.3, -0.25) is 9.89 Å². The number of hydrogen-bond donors (Lipinski definition) is 1. The highest BCUT2D eigenvalue weighted by Gasteiger charge is 2.29. The van der Waals surface area contributed by atoms with Gasteiger partial charge >= 0.3 is 0 Å². The first-order valence-electron chi connectivity index (χ1n) is 7.65. The van der Waals surface area contributed by atoms with Crippen LogP contribution in [0.3, 0.4) is 0 Å². The van der Waals surface area contributed by atoms with Crippen LogP contribution in [0.1, 0.15) is 23.3 Å². The second kappa shape index (κ2) is 6.35. The van der Waals surface area contributed by atoms with E-state index in [2.05, 4.69) is 10.2 Å². The molecule has 1 saturated heterocycles. The van der Waals surface area contributed by atoms with Gasteiger partial charge in [-0.05, 0) is 43.2 Å². The summed E-state index contributed by atoms with van der Waals surface area (Å²) < 4.78 is 36.0. The van der Waals surface area contributed by atoms with E-state index in [9.17, 15) is 17.6 Å². The van der Waals surface area contributed by atoms with Crippen LogP contribution in [0.5, 0.6) is 0 Å². The molecule has 0 saturated carbocycles. The molecule has 24 heavy (non-hydrogen) atoms. The zero-order chi connectivity index (χ0) is 17.3. The molecule has 1 N–H and O–H groups in total. The molecule has 0 spiro atoms. The summed E-state index contributed by atoms with van der Waals surface area (Å²) in [5.74, 6) is -0.351. The maximum absolute atomic E-state index is 13.0. The number of amides is 1. The third-order valence-electron chi connectivity index (χ3n) is 4.34. The van der Waals surface area contributed by atoms with E-state index in [1.807, 2.05) is 0 Å². The van der Waals surface area contributed by atoms with Crippen LogP contribution < -0.4 is 0 Å². The summed E-state index contributed by atoms with van der Waals surface area (Å²) in [5.41, 5.74) is 1.58. The fourth-order valence-electron chi connectivity index (χ4n) is 2.82. The van der Waals surface area contributed by atoms with E-state index in [0.29, 0.717) is 29.8 Å². The number of halogens is 1. The molecule has 0 bridgehead atoms. The molecule has 1 fully saturated rings. The Morgan fingerprint density at radius 1 is 1.25 bits per heavy atom. The number of carbonyl (C=O) groups excluding carboxylic acids is 1. The first kappa shape index (κ1) is 16.6. The molecule has 2 heterocycles. The summed E-state index contributed by atoms with van der Waals surface area (Å²) in [5, 5.41) is 6.80. The van der Waals surface area contributed by atoms with E-state index in [0.717, 1.165) is 0 Å². The number of rotatable bonds is 3. The molecule has 1 aliphatic rings. The molecular weight excluding hydrogens is 333 g/mol. The minimum Gasteiger partial charge on any atom is -0.337 e. The standard InChI is InChI=1S/C16H18FN3O3S/c1-20(13-6-8-24(22,23)9-7-13)16(21)15-10-14(18-19-15)11-2-4-12(17)5-3-11/h2-5,10,13H,6-9H2,1H3,(H,18,19). The lowest BCUT2D eigenvalue weighted by Crippen LogP contribution is -2.42. The highest BCUT2D eigenvalue weighted by molar-refractivity contribution is 7.91. The quantitative estimate of drug-likeness (QED) is 0.915. The number of nitrogens with one attached hydrogen (secondary N) is 1. The van der Waals surface area contributed by atoms with Crippen LogP contribution >= 0.6 is 0 Å². The fourth-order valence-corrected chi connectivity index (χ4v) is 4.29. The summed E-state index contributed by atoms with van der Waals surface area (Å²) in [6.07, 6.45) is 0.896. The van der Waals surface area contributed by atoms with Crippen LogP contribution in [0.2, 0.25) is 0 Å². The third-order valence-corrected chi connectivity index (χ3v) is 6.06. The van der Waals surface area contributed by atoms with Crippen LogP contribution in [0, 0.1) is 5.82 Å². The van der Waals surface area contributed by atoms with Crippen molar-refractivity contribution in [1.82, 2.24) is 15.1 Å². The topological polar surface area (TPSA) is 83.1 Å². The van der Waals surface area contributed by atoms with E-state index >= 15 is 0 Å². The molecule has 0 aliphatic carbocycles. The Morgan fingerprint density at radius 2 is 1.88 bits per heavy atom. The maximum atomic E-state index is 13.0. The largest absolute Gasteiger partial charge is 0.337 e. The average molecular weight is 351 g/mol. The number of sulfone groups is 1. The van der Waals surface area contributed by atoms with Crippen LogP contribution in [0.15, 0.2) is 30.3 Å². The lowest BCUT2D eigenvalue weighted by Gasteiger charge is -2.30. The van der Waals surface area contributed by atoms with Crippen LogP contribution in [-0.4, -0.2) is 54.0 Å². The normalized spacial score (nSPS) is 17.6. The van der Waals surface area contributed by atoms with Crippen LogP contribution in [0.4, 0.5) is 4.39 Å². The van der Waals surface area contributed by atoms with Gasteiger partial charge in [-0.2, -0.15) is 5.10 Å². The van der Waals surface area contributed by atoms with E-state index in [1.54, 1.807) is 30.1 Å². The summed E-state index contributed by atoms with van der Waals surface area (Å²) in [6, 6.07) is 7.37. The molecule has 0 atom stereocenters. The second-order valence-electron chi connectivity index (χ2n) is 5.97. The molecule has 0 unspecified atom stereocenters. The average Bonchev–Trinajstić information content (AvgIpc) is 3.04. The Bertz CT molecular complexity index is 832. The molecule has 3 rings (SSSR count). The SMILES string of the molecule is CN(C(=O)c1cc(-c2ccc(F)cc2)n[nH]1)C1CCS(=O)(=O)CC1. The van der Waals surface area contributed by atoms with Crippen molar-refractivity contribution in [2.24, 2.45) is 0 Å². The lowest BCUT2D eigenvalue weighted by atomic mass is 10.1. The molecule has 1 amide bonds. The Morgan fingerprint density at radius 3 is 2.50 bits per heavy atom. The van der Waals surface area contributed by atoms with Crippen molar-refractivity contribution in [2.45, 2.75) is 18.9 Å². The van der Waals surface area contributed by atoms with Crippen molar-refractivity contribution < 1.29 is 17.6 Å². The van der Waals surface area contributed by atoms with Gasteiger partial charge in [-0.25, -0.2) is 12.8 Å². The molecular formula is C16H18FN3O3S. The minimum atomic E-state index is -2.96. The Hall–Kier alpha value is -2.22. The summed E-state index contributed by atoms with van der Waals surface area (Å²) >= 11 is 0. The predicted molar refractivity (Wildman–Crippen MR) is 87.8 cm³/mol. The monoisotopic (exact) mass is 351 g/mol. The van der Waals surface area contributed by atoms with Gasteiger partial charge in [0.1, 0.15) is 21.3 Å². The number of carbonyl (C=O) groups is 1. The maximum Gasteiger partial charge on any atom is 0.271 e. The van der Waals surface area contributed by atoms with Gasteiger partial charge in [0, 0.05) is 18.7 Å². The molecule has 2 aromatic rings. The lowest BCUT2D eigenvalue weighted by molar-refractivity contribution is 0.0716. The highest BCUT2D eigenvalue weighted by Crippen LogP contribution is 2.21. The molecule has 8 heteroatoms. The second-order valence-corrected chi connectivity index (χ2v) is 8.28. The zero-order valence-electron chi connectivity index (χ0n) is 13.2.